The van der Waals surface area contributed by atoms with Gasteiger partial charge in [0.25, 0.3) is 0 Å². The van der Waals surface area contributed by atoms with Gasteiger partial charge in [-0.2, -0.15) is 0 Å². The lowest BCUT2D eigenvalue weighted by atomic mass is 9.96. The molecular weight excluding hydrogens is 202 g/mol. The minimum Gasteiger partial charge on any atom is -0.392 e. The Bertz CT molecular complexity index is 212. The Labute approximate surface area is 98.9 Å². The number of nitrogens with one attached hydrogen (secondary N) is 1. The largest absolute Gasteiger partial charge is 0.392 e. The van der Waals surface area contributed by atoms with Crippen LogP contribution in [0.3, 0.4) is 0 Å². The Morgan fingerprint density at radius 3 is 2.75 bits per heavy atom. The second-order valence-corrected chi connectivity index (χ2v) is 4.48. The van der Waals surface area contributed by atoms with Gasteiger partial charge >= 0.3 is 0 Å². The third-order valence-corrected chi connectivity index (χ3v) is 3.28. The Kier molecular flexibility index (Phi) is 6.69. The van der Waals surface area contributed by atoms with Crippen LogP contribution in [-0.2, 0) is 4.74 Å². The van der Waals surface area contributed by atoms with Crippen LogP contribution in [0.15, 0.2) is 11.6 Å². The molecule has 1 aliphatic heterocycles. The van der Waals surface area contributed by atoms with Gasteiger partial charge in [-0.15, -0.1) is 0 Å². The van der Waals surface area contributed by atoms with E-state index in [9.17, 15) is 5.11 Å². The van der Waals surface area contributed by atoms with Gasteiger partial charge in [0, 0.05) is 13.1 Å². The molecule has 1 atom stereocenters. The van der Waals surface area contributed by atoms with Crippen molar-refractivity contribution in [2.45, 2.75) is 39.2 Å². The first-order chi connectivity index (χ1) is 7.77. The summed E-state index contributed by atoms with van der Waals surface area (Å²) in [5.74, 6) is 0.420. The van der Waals surface area contributed by atoms with Crippen LogP contribution in [0.4, 0.5) is 0 Å². The van der Waals surface area contributed by atoms with Crippen molar-refractivity contribution in [2.75, 3.05) is 26.3 Å². The Hall–Kier alpha value is -0.380. The highest BCUT2D eigenvalue weighted by atomic mass is 16.5. The Balaban J connectivity index is 2.16. The Morgan fingerprint density at radius 2 is 2.19 bits per heavy atom. The second-order valence-electron chi connectivity index (χ2n) is 4.48. The summed E-state index contributed by atoms with van der Waals surface area (Å²) in [7, 11) is 0. The SMILES string of the molecule is CCC(CC)C(O)CNCC1=CCCOC1. The minimum absolute atomic E-state index is 0.222. The highest BCUT2D eigenvalue weighted by Crippen LogP contribution is 2.12. The van der Waals surface area contributed by atoms with Crippen molar-refractivity contribution < 1.29 is 9.84 Å². The summed E-state index contributed by atoms with van der Waals surface area (Å²) in [6.07, 6.45) is 5.13. The van der Waals surface area contributed by atoms with E-state index in [-0.39, 0.29) is 6.10 Å². The van der Waals surface area contributed by atoms with Gasteiger partial charge in [0.1, 0.15) is 0 Å². The topological polar surface area (TPSA) is 41.5 Å². The molecule has 1 unspecified atom stereocenters. The molecule has 1 aliphatic rings. The molecule has 2 N–H and O–H groups in total. The maximum atomic E-state index is 9.93. The summed E-state index contributed by atoms with van der Waals surface area (Å²) >= 11 is 0. The lowest BCUT2D eigenvalue weighted by Gasteiger charge is -2.21. The summed E-state index contributed by atoms with van der Waals surface area (Å²) in [6, 6.07) is 0. The molecule has 0 aromatic heterocycles. The van der Waals surface area contributed by atoms with Crippen molar-refractivity contribution >= 4 is 0 Å². The maximum absolute atomic E-state index is 9.93. The molecule has 0 amide bonds. The van der Waals surface area contributed by atoms with Gasteiger partial charge < -0.3 is 15.2 Å². The number of hydrogen-bond acceptors (Lipinski definition) is 3. The molecule has 0 spiro atoms. The van der Waals surface area contributed by atoms with E-state index in [0.717, 1.165) is 39.0 Å². The minimum atomic E-state index is -0.222. The average Bonchev–Trinajstić information content (AvgIpc) is 2.32. The van der Waals surface area contributed by atoms with Crippen LogP contribution >= 0.6 is 0 Å². The molecule has 0 fully saturated rings. The highest BCUT2D eigenvalue weighted by molar-refractivity contribution is 5.06. The smallest absolute Gasteiger partial charge is 0.0692 e. The van der Waals surface area contributed by atoms with Gasteiger partial charge in [-0.1, -0.05) is 32.8 Å². The van der Waals surface area contributed by atoms with Crippen LogP contribution in [0.25, 0.3) is 0 Å². The molecular formula is C13H25NO2. The van der Waals surface area contributed by atoms with Crippen molar-refractivity contribution in [3.05, 3.63) is 11.6 Å². The van der Waals surface area contributed by atoms with Gasteiger partial charge in [-0.05, 0) is 17.9 Å². The van der Waals surface area contributed by atoms with Gasteiger partial charge in [0.05, 0.1) is 19.3 Å². The zero-order valence-electron chi connectivity index (χ0n) is 10.5. The fourth-order valence-corrected chi connectivity index (χ4v) is 2.11. The summed E-state index contributed by atoms with van der Waals surface area (Å²) in [5, 5.41) is 13.2. The first-order valence-electron chi connectivity index (χ1n) is 6.42. The van der Waals surface area contributed by atoms with E-state index >= 15 is 0 Å². The van der Waals surface area contributed by atoms with E-state index in [1.54, 1.807) is 0 Å². The predicted octanol–water partition coefficient (Wildman–Crippen LogP) is 1.72. The van der Waals surface area contributed by atoms with E-state index in [1.165, 1.54) is 5.57 Å². The van der Waals surface area contributed by atoms with Crippen LogP contribution in [0.2, 0.25) is 0 Å². The van der Waals surface area contributed by atoms with Crippen molar-refractivity contribution in [1.29, 1.82) is 0 Å². The molecule has 0 saturated heterocycles. The average molecular weight is 227 g/mol. The first-order valence-corrected chi connectivity index (χ1v) is 6.42. The lowest BCUT2D eigenvalue weighted by molar-refractivity contribution is 0.101. The van der Waals surface area contributed by atoms with Crippen molar-refractivity contribution in [3.63, 3.8) is 0 Å². The Morgan fingerprint density at radius 1 is 1.44 bits per heavy atom. The normalized spacial score (nSPS) is 18.6. The molecule has 0 radical (unpaired) electrons. The highest BCUT2D eigenvalue weighted by Gasteiger charge is 2.14. The molecule has 94 valence electrons. The van der Waals surface area contributed by atoms with Gasteiger partial charge in [-0.3, -0.25) is 0 Å². The molecule has 16 heavy (non-hydrogen) atoms. The van der Waals surface area contributed by atoms with Gasteiger partial charge in [0.15, 0.2) is 0 Å². The predicted molar refractivity (Wildman–Crippen MR) is 66.5 cm³/mol. The molecule has 0 saturated carbocycles. The standard InChI is InChI=1S/C13H25NO2/c1-3-12(4-2)13(15)9-14-8-11-6-5-7-16-10-11/h6,12-15H,3-5,7-10H2,1-2H3. The van der Waals surface area contributed by atoms with E-state index in [2.05, 4.69) is 25.2 Å². The van der Waals surface area contributed by atoms with Crippen LogP contribution < -0.4 is 5.32 Å². The fraction of sp³-hybridized carbons (Fsp3) is 0.846. The summed E-state index contributed by atoms with van der Waals surface area (Å²) in [6.45, 7) is 7.39. The monoisotopic (exact) mass is 227 g/mol. The van der Waals surface area contributed by atoms with Gasteiger partial charge in [0.2, 0.25) is 0 Å². The van der Waals surface area contributed by atoms with Crippen LogP contribution in [-0.4, -0.2) is 37.5 Å². The van der Waals surface area contributed by atoms with E-state index in [0.29, 0.717) is 12.5 Å². The number of aliphatic hydroxyl groups excluding tert-OH is 1. The molecule has 0 bridgehead atoms. The van der Waals surface area contributed by atoms with Crippen molar-refractivity contribution in [3.8, 4) is 0 Å². The number of aliphatic hydroxyl groups is 1. The fourth-order valence-electron chi connectivity index (χ4n) is 2.11. The third-order valence-electron chi connectivity index (χ3n) is 3.28. The molecule has 1 rings (SSSR count). The summed E-state index contributed by atoms with van der Waals surface area (Å²) in [5.41, 5.74) is 1.31. The molecule has 3 nitrogen and oxygen atoms in total. The zero-order chi connectivity index (χ0) is 11.8. The summed E-state index contributed by atoms with van der Waals surface area (Å²) < 4.78 is 5.36. The van der Waals surface area contributed by atoms with E-state index < -0.39 is 0 Å². The van der Waals surface area contributed by atoms with Crippen LogP contribution in [0, 0.1) is 5.92 Å². The maximum Gasteiger partial charge on any atom is 0.0692 e. The zero-order valence-corrected chi connectivity index (χ0v) is 10.5. The van der Waals surface area contributed by atoms with Crippen molar-refractivity contribution in [2.24, 2.45) is 5.92 Å². The van der Waals surface area contributed by atoms with Crippen molar-refractivity contribution in [1.82, 2.24) is 5.32 Å². The molecule has 3 heteroatoms. The lowest BCUT2D eigenvalue weighted by Crippen LogP contribution is -2.34. The molecule has 1 heterocycles. The second kappa shape index (κ2) is 7.82. The van der Waals surface area contributed by atoms with Crippen LogP contribution in [0.1, 0.15) is 33.1 Å². The first kappa shape index (κ1) is 13.7. The number of hydrogen-bond donors (Lipinski definition) is 2. The van der Waals surface area contributed by atoms with Crippen LogP contribution in [0.5, 0.6) is 0 Å². The third kappa shape index (κ3) is 4.64. The molecule has 0 aromatic carbocycles. The number of ether oxygens (including phenoxy) is 1. The number of rotatable bonds is 7. The molecule has 0 aliphatic carbocycles. The summed E-state index contributed by atoms with van der Waals surface area (Å²) in [4.78, 5) is 0. The van der Waals surface area contributed by atoms with Gasteiger partial charge in [-0.25, -0.2) is 0 Å². The van der Waals surface area contributed by atoms with E-state index in [4.69, 9.17) is 4.74 Å². The molecule has 0 aromatic rings. The quantitative estimate of drug-likeness (QED) is 0.651. The van der Waals surface area contributed by atoms with E-state index in [1.807, 2.05) is 0 Å².